The van der Waals surface area contributed by atoms with Crippen molar-refractivity contribution in [3.63, 3.8) is 0 Å². The number of aromatic nitrogens is 2. The van der Waals surface area contributed by atoms with E-state index < -0.39 is 0 Å². The molecule has 2 N–H and O–H groups in total. The number of rotatable bonds is 5. The Labute approximate surface area is 146 Å². The van der Waals surface area contributed by atoms with Crippen molar-refractivity contribution in [2.45, 2.75) is 45.1 Å². The number of benzene rings is 1. The lowest BCUT2D eigenvalue weighted by atomic mass is 10.0. The van der Waals surface area contributed by atoms with E-state index in [4.69, 9.17) is 10.3 Å². The third-order valence-corrected chi connectivity index (χ3v) is 4.66. The third-order valence-electron chi connectivity index (χ3n) is 4.66. The van der Waals surface area contributed by atoms with Crippen molar-refractivity contribution in [2.75, 3.05) is 13.1 Å². The number of piperidine rings is 1. The van der Waals surface area contributed by atoms with E-state index in [0.29, 0.717) is 42.2 Å². The third kappa shape index (κ3) is 4.04. The molecule has 1 atom stereocenters. The number of hydrogen-bond donors (Lipinski definition) is 1. The van der Waals surface area contributed by atoms with Crippen LogP contribution in [0.15, 0.2) is 22.7 Å². The number of hydrogen-bond acceptors (Lipinski definition) is 5. The van der Waals surface area contributed by atoms with Crippen LogP contribution in [0.25, 0.3) is 11.4 Å². The Balaban J connectivity index is 1.61. The summed E-state index contributed by atoms with van der Waals surface area (Å²) in [7, 11) is 0. The number of likely N-dealkylation sites (tertiary alicyclic amines) is 1. The highest BCUT2D eigenvalue weighted by atomic mass is 19.1. The van der Waals surface area contributed by atoms with Crippen molar-refractivity contribution < 1.29 is 13.7 Å². The average molecular weight is 346 g/mol. The second-order valence-corrected chi connectivity index (χ2v) is 6.45. The van der Waals surface area contributed by atoms with Gasteiger partial charge in [-0.05, 0) is 49.9 Å². The fourth-order valence-corrected chi connectivity index (χ4v) is 3.19. The Morgan fingerprint density at radius 2 is 2.28 bits per heavy atom. The molecule has 0 aliphatic carbocycles. The van der Waals surface area contributed by atoms with Gasteiger partial charge in [-0.15, -0.1) is 0 Å². The molecule has 1 aliphatic rings. The molecule has 134 valence electrons. The first-order valence-corrected chi connectivity index (χ1v) is 8.67. The molecule has 1 fully saturated rings. The maximum atomic E-state index is 13.4. The molecule has 1 aromatic carbocycles. The van der Waals surface area contributed by atoms with Gasteiger partial charge in [0.1, 0.15) is 5.82 Å². The predicted octanol–water partition coefficient (Wildman–Crippen LogP) is 2.46. The van der Waals surface area contributed by atoms with E-state index in [2.05, 4.69) is 10.1 Å². The molecule has 1 amide bonds. The van der Waals surface area contributed by atoms with Crippen LogP contribution >= 0.6 is 0 Å². The van der Waals surface area contributed by atoms with Crippen molar-refractivity contribution in [1.29, 1.82) is 0 Å². The molecule has 1 unspecified atom stereocenters. The molecule has 2 aromatic rings. The molecule has 0 saturated carbocycles. The zero-order chi connectivity index (χ0) is 17.8. The van der Waals surface area contributed by atoms with Crippen LogP contribution in [0.5, 0.6) is 0 Å². The van der Waals surface area contributed by atoms with Crippen LogP contribution in [0.1, 0.15) is 37.1 Å². The Morgan fingerprint density at radius 3 is 3.04 bits per heavy atom. The quantitative estimate of drug-likeness (QED) is 0.899. The van der Waals surface area contributed by atoms with E-state index in [1.54, 1.807) is 19.1 Å². The number of carbonyl (C=O) groups is 1. The van der Waals surface area contributed by atoms with Gasteiger partial charge in [-0.1, -0.05) is 5.16 Å². The van der Waals surface area contributed by atoms with Crippen LogP contribution < -0.4 is 5.73 Å². The van der Waals surface area contributed by atoms with Crippen molar-refractivity contribution >= 4 is 5.91 Å². The second-order valence-electron chi connectivity index (χ2n) is 6.45. The van der Waals surface area contributed by atoms with Crippen LogP contribution in [0, 0.1) is 12.7 Å². The summed E-state index contributed by atoms with van der Waals surface area (Å²) in [5, 5.41) is 3.93. The number of carbonyl (C=O) groups excluding carboxylic acids is 1. The van der Waals surface area contributed by atoms with Crippen molar-refractivity contribution in [2.24, 2.45) is 5.73 Å². The Morgan fingerprint density at radius 1 is 1.44 bits per heavy atom. The Hall–Kier alpha value is -2.28. The lowest BCUT2D eigenvalue weighted by molar-refractivity contribution is -0.134. The van der Waals surface area contributed by atoms with E-state index in [1.165, 1.54) is 6.07 Å². The van der Waals surface area contributed by atoms with Gasteiger partial charge in [-0.2, -0.15) is 4.98 Å². The smallest absolute Gasteiger partial charge is 0.227 e. The van der Waals surface area contributed by atoms with E-state index in [9.17, 15) is 9.18 Å². The second kappa shape index (κ2) is 7.74. The monoisotopic (exact) mass is 346 g/mol. The highest BCUT2D eigenvalue weighted by Gasteiger charge is 2.25. The molecule has 2 heterocycles. The van der Waals surface area contributed by atoms with Crippen LogP contribution in [0.2, 0.25) is 0 Å². The summed E-state index contributed by atoms with van der Waals surface area (Å²) in [5.74, 6) is 0.622. The molecule has 1 saturated heterocycles. The Bertz CT molecular complexity index is 746. The Kier molecular flexibility index (Phi) is 5.43. The van der Waals surface area contributed by atoms with Gasteiger partial charge in [0.15, 0.2) is 0 Å². The lowest BCUT2D eigenvalue weighted by Gasteiger charge is -2.35. The largest absolute Gasteiger partial charge is 0.339 e. The van der Waals surface area contributed by atoms with Gasteiger partial charge >= 0.3 is 0 Å². The molecular weight excluding hydrogens is 323 g/mol. The first kappa shape index (κ1) is 17.5. The average Bonchev–Trinajstić information content (AvgIpc) is 3.11. The summed E-state index contributed by atoms with van der Waals surface area (Å²) < 4.78 is 18.6. The van der Waals surface area contributed by atoms with E-state index in [0.717, 1.165) is 25.8 Å². The van der Waals surface area contributed by atoms with Crippen LogP contribution in [-0.2, 0) is 11.2 Å². The molecule has 0 bridgehead atoms. The molecular formula is C18H23FN4O2. The number of nitrogens with zero attached hydrogens (tertiary/aromatic N) is 3. The highest BCUT2D eigenvalue weighted by Crippen LogP contribution is 2.20. The minimum atomic E-state index is -0.269. The maximum absolute atomic E-state index is 13.4. The summed E-state index contributed by atoms with van der Waals surface area (Å²) in [5.41, 5.74) is 6.99. The predicted molar refractivity (Wildman–Crippen MR) is 91.2 cm³/mol. The molecule has 7 heteroatoms. The normalized spacial score (nSPS) is 17.7. The van der Waals surface area contributed by atoms with Gasteiger partial charge in [0.2, 0.25) is 17.6 Å². The van der Waals surface area contributed by atoms with Gasteiger partial charge < -0.3 is 15.2 Å². The number of aryl methyl sites for hydroxylation is 2. The first-order chi connectivity index (χ1) is 12.1. The molecule has 25 heavy (non-hydrogen) atoms. The molecule has 0 spiro atoms. The molecule has 3 rings (SSSR count). The minimum Gasteiger partial charge on any atom is -0.339 e. The SMILES string of the molecule is Cc1cc(-c2noc(CCC(=O)N3CCCCC3CN)n2)ccc1F. The standard InChI is InChI=1S/C18H23FN4O2/c1-12-10-13(5-6-15(12)19)18-21-16(25-22-18)7-8-17(24)23-9-3-2-4-14(23)11-20/h5-6,10,14H,2-4,7-9,11,20H2,1H3. The van der Waals surface area contributed by atoms with E-state index in [-0.39, 0.29) is 17.8 Å². The van der Waals surface area contributed by atoms with E-state index in [1.807, 2.05) is 4.90 Å². The zero-order valence-corrected chi connectivity index (χ0v) is 14.4. The summed E-state index contributed by atoms with van der Waals surface area (Å²) in [6.07, 6.45) is 3.82. The zero-order valence-electron chi connectivity index (χ0n) is 14.4. The van der Waals surface area contributed by atoms with Gasteiger partial charge in [-0.3, -0.25) is 4.79 Å². The highest BCUT2D eigenvalue weighted by molar-refractivity contribution is 5.76. The first-order valence-electron chi connectivity index (χ1n) is 8.67. The van der Waals surface area contributed by atoms with Crippen molar-refractivity contribution in [3.8, 4) is 11.4 Å². The molecule has 1 aliphatic heterocycles. The van der Waals surface area contributed by atoms with Gasteiger partial charge in [0.25, 0.3) is 0 Å². The molecule has 6 nitrogen and oxygen atoms in total. The number of nitrogens with two attached hydrogens (primary N) is 1. The maximum Gasteiger partial charge on any atom is 0.227 e. The summed E-state index contributed by atoms with van der Waals surface area (Å²) in [6.45, 7) is 2.95. The van der Waals surface area contributed by atoms with Crippen molar-refractivity contribution in [1.82, 2.24) is 15.0 Å². The fourth-order valence-electron chi connectivity index (χ4n) is 3.19. The van der Waals surface area contributed by atoms with E-state index >= 15 is 0 Å². The van der Waals surface area contributed by atoms with Gasteiger partial charge in [-0.25, -0.2) is 4.39 Å². The van der Waals surface area contributed by atoms with Crippen LogP contribution in [0.4, 0.5) is 4.39 Å². The molecule has 0 radical (unpaired) electrons. The summed E-state index contributed by atoms with van der Waals surface area (Å²) >= 11 is 0. The van der Waals surface area contributed by atoms with Gasteiger partial charge in [0, 0.05) is 37.5 Å². The lowest BCUT2D eigenvalue weighted by Crippen LogP contribution is -2.47. The van der Waals surface area contributed by atoms with Crippen LogP contribution in [0.3, 0.4) is 0 Å². The fraction of sp³-hybridized carbons (Fsp3) is 0.500. The summed E-state index contributed by atoms with van der Waals surface area (Å²) in [6, 6.07) is 4.81. The van der Waals surface area contributed by atoms with Crippen molar-refractivity contribution in [3.05, 3.63) is 35.5 Å². The number of amides is 1. The minimum absolute atomic E-state index is 0.0764. The van der Waals surface area contributed by atoms with Crippen LogP contribution in [-0.4, -0.2) is 40.1 Å². The topological polar surface area (TPSA) is 85.2 Å². The molecule has 1 aromatic heterocycles. The van der Waals surface area contributed by atoms with Gasteiger partial charge in [0.05, 0.1) is 0 Å². The number of halogens is 1. The summed E-state index contributed by atoms with van der Waals surface area (Å²) in [4.78, 5) is 18.6.